The highest BCUT2D eigenvalue weighted by Crippen LogP contribution is 2.25. The number of rotatable bonds is 3. The molecule has 100 valence electrons. The van der Waals surface area contributed by atoms with Gasteiger partial charge in [0.25, 0.3) is 0 Å². The molecule has 2 unspecified atom stereocenters. The molecule has 0 aromatic carbocycles. The maximum absolute atomic E-state index is 11.3. The van der Waals surface area contributed by atoms with Gasteiger partial charge in [-0.2, -0.15) is 0 Å². The third kappa shape index (κ3) is 4.19. The van der Waals surface area contributed by atoms with E-state index in [1.807, 2.05) is 0 Å². The molecule has 1 aliphatic heterocycles. The lowest BCUT2D eigenvalue weighted by Crippen LogP contribution is -2.53. The maximum Gasteiger partial charge on any atom is 0.407 e. The van der Waals surface area contributed by atoms with E-state index in [0.717, 1.165) is 19.5 Å². The predicted molar refractivity (Wildman–Crippen MR) is 69.0 cm³/mol. The van der Waals surface area contributed by atoms with Crippen LogP contribution in [0.15, 0.2) is 0 Å². The molecular weight excluding hydrogens is 216 g/mol. The topological polar surface area (TPSA) is 41.6 Å². The molecule has 4 nitrogen and oxygen atoms in total. The lowest BCUT2D eigenvalue weighted by atomic mass is 9.85. The molecule has 1 rings (SSSR count). The second-order valence-corrected chi connectivity index (χ2v) is 5.62. The Labute approximate surface area is 105 Å². The number of hydrogen-bond acceptors (Lipinski definition) is 3. The molecular formula is C13H26N2O2. The quantitative estimate of drug-likeness (QED) is 0.824. The fourth-order valence-corrected chi connectivity index (χ4v) is 2.41. The maximum atomic E-state index is 11.3. The number of hydrogen-bond donors (Lipinski definition) is 1. The number of piperidine rings is 1. The average Bonchev–Trinajstić information content (AvgIpc) is 2.28. The van der Waals surface area contributed by atoms with Crippen LogP contribution in [0.3, 0.4) is 0 Å². The van der Waals surface area contributed by atoms with Crippen molar-refractivity contribution in [1.29, 1.82) is 0 Å². The molecule has 1 heterocycles. The van der Waals surface area contributed by atoms with E-state index in [1.165, 1.54) is 7.11 Å². The molecule has 1 aliphatic rings. The molecule has 0 aromatic rings. The number of ether oxygens (including phenoxy) is 1. The molecule has 1 fully saturated rings. The van der Waals surface area contributed by atoms with Gasteiger partial charge in [0.2, 0.25) is 0 Å². The summed E-state index contributed by atoms with van der Waals surface area (Å²) in [4.78, 5) is 13.7. The summed E-state index contributed by atoms with van der Waals surface area (Å²) >= 11 is 0. The third-order valence-corrected chi connectivity index (χ3v) is 3.69. The van der Waals surface area contributed by atoms with Crippen LogP contribution >= 0.6 is 0 Å². The van der Waals surface area contributed by atoms with Crippen LogP contribution in [0.25, 0.3) is 0 Å². The number of carbonyl (C=O) groups is 1. The Bertz CT molecular complexity index is 238. The molecule has 0 aliphatic carbocycles. The molecule has 1 amide bonds. The highest BCUT2D eigenvalue weighted by atomic mass is 16.5. The van der Waals surface area contributed by atoms with Crippen molar-refractivity contribution in [1.82, 2.24) is 10.2 Å². The molecule has 0 bridgehead atoms. The number of nitrogens with one attached hydrogen (secondary N) is 1. The largest absolute Gasteiger partial charge is 0.453 e. The fraction of sp³-hybridized carbons (Fsp3) is 0.923. The van der Waals surface area contributed by atoms with Gasteiger partial charge in [0.1, 0.15) is 0 Å². The van der Waals surface area contributed by atoms with Crippen molar-refractivity contribution < 1.29 is 9.53 Å². The van der Waals surface area contributed by atoms with Crippen molar-refractivity contribution in [2.75, 3.05) is 20.2 Å². The minimum atomic E-state index is -0.317. The van der Waals surface area contributed by atoms with Gasteiger partial charge in [0.15, 0.2) is 0 Å². The summed E-state index contributed by atoms with van der Waals surface area (Å²) in [6.07, 6.45) is 0.735. The van der Waals surface area contributed by atoms with E-state index in [4.69, 9.17) is 0 Å². The summed E-state index contributed by atoms with van der Waals surface area (Å²) in [6.45, 7) is 11.0. The SMILES string of the molecule is COC(=O)NC1CC(C(C)C)CN(C(C)C)C1. The smallest absolute Gasteiger partial charge is 0.407 e. The summed E-state index contributed by atoms with van der Waals surface area (Å²) in [5, 5.41) is 2.94. The molecule has 0 spiro atoms. The van der Waals surface area contributed by atoms with Crippen molar-refractivity contribution in [2.24, 2.45) is 11.8 Å². The van der Waals surface area contributed by atoms with Crippen LogP contribution in [0.1, 0.15) is 34.1 Å². The Morgan fingerprint density at radius 2 is 1.94 bits per heavy atom. The number of likely N-dealkylation sites (tertiary alicyclic amines) is 1. The van der Waals surface area contributed by atoms with Gasteiger partial charge in [0.05, 0.1) is 7.11 Å². The van der Waals surface area contributed by atoms with E-state index in [2.05, 4.69) is 42.6 Å². The van der Waals surface area contributed by atoms with Crippen molar-refractivity contribution >= 4 is 6.09 Å². The van der Waals surface area contributed by atoms with E-state index in [1.54, 1.807) is 0 Å². The van der Waals surface area contributed by atoms with Crippen molar-refractivity contribution in [3.8, 4) is 0 Å². The highest BCUT2D eigenvalue weighted by molar-refractivity contribution is 5.67. The van der Waals surface area contributed by atoms with E-state index in [-0.39, 0.29) is 12.1 Å². The molecule has 2 atom stereocenters. The second kappa shape index (κ2) is 6.24. The Morgan fingerprint density at radius 3 is 2.41 bits per heavy atom. The van der Waals surface area contributed by atoms with Crippen LogP contribution in [-0.4, -0.2) is 43.3 Å². The van der Waals surface area contributed by atoms with Crippen molar-refractivity contribution in [2.45, 2.75) is 46.2 Å². The number of methoxy groups -OCH3 is 1. The monoisotopic (exact) mass is 242 g/mol. The van der Waals surface area contributed by atoms with E-state index in [9.17, 15) is 4.79 Å². The first-order valence-electron chi connectivity index (χ1n) is 6.52. The van der Waals surface area contributed by atoms with Crippen LogP contribution in [0, 0.1) is 11.8 Å². The Kier molecular flexibility index (Phi) is 5.25. The lowest BCUT2D eigenvalue weighted by Gasteiger charge is -2.41. The zero-order chi connectivity index (χ0) is 13.0. The number of nitrogens with zero attached hydrogens (tertiary/aromatic N) is 1. The first kappa shape index (κ1) is 14.3. The van der Waals surface area contributed by atoms with Gasteiger partial charge in [-0.3, -0.25) is 4.90 Å². The van der Waals surface area contributed by atoms with Gasteiger partial charge in [-0.25, -0.2) is 4.79 Å². The molecule has 4 heteroatoms. The molecule has 0 radical (unpaired) electrons. The summed E-state index contributed by atoms with van der Waals surface area (Å²) in [6, 6.07) is 0.740. The summed E-state index contributed by atoms with van der Waals surface area (Å²) in [5.74, 6) is 1.30. The van der Waals surface area contributed by atoms with Crippen LogP contribution < -0.4 is 5.32 Å². The summed E-state index contributed by atoms with van der Waals surface area (Å²) < 4.78 is 4.68. The van der Waals surface area contributed by atoms with Gasteiger partial charge in [0, 0.05) is 25.2 Å². The second-order valence-electron chi connectivity index (χ2n) is 5.62. The zero-order valence-corrected chi connectivity index (χ0v) is 11.7. The minimum absolute atomic E-state index is 0.214. The molecule has 1 saturated heterocycles. The normalized spacial score (nSPS) is 26.3. The van der Waals surface area contributed by atoms with Crippen molar-refractivity contribution in [3.05, 3.63) is 0 Å². The zero-order valence-electron chi connectivity index (χ0n) is 11.7. The minimum Gasteiger partial charge on any atom is -0.453 e. The Hall–Kier alpha value is -0.770. The fourth-order valence-electron chi connectivity index (χ4n) is 2.41. The Balaban J connectivity index is 2.61. The van der Waals surface area contributed by atoms with Crippen LogP contribution in [0.4, 0.5) is 4.79 Å². The van der Waals surface area contributed by atoms with Gasteiger partial charge < -0.3 is 10.1 Å². The van der Waals surface area contributed by atoms with Crippen LogP contribution in [0.5, 0.6) is 0 Å². The van der Waals surface area contributed by atoms with E-state index >= 15 is 0 Å². The molecule has 17 heavy (non-hydrogen) atoms. The third-order valence-electron chi connectivity index (χ3n) is 3.69. The number of carbonyl (C=O) groups excluding carboxylic acids is 1. The predicted octanol–water partition coefficient (Wildman–Crippen LogP) is 2.10. The van der Waals surface area contributed by atoms with E-state index in [0.29, 0.717) is 17.9 Å². The first-order valence-corrected chi connectivity index (χ1v) is 6.52. The van der Waals surface area contributed by atoms with Gasteiger partial charge in [-0.1, -0.05) is 13.8 Å². The van der Waals surface area contributed by atoms with E-state index < -0.39 is 0 Å². The van der Waals surface area contributed by atoms with Crippen molar-refractivity contribution in [3.63, 3.8) is 0 Å². The summed E-state index contributed by atoms with van der Waals surface area (Å²) in [5.41, 5.74) is 0. The summed E-state index contributed by atoms with van der Waals surface area (Å²) in [7, 11) is 1.41. The highest BCUT2D eigenvalue weighted by Gasteiger charge is 2.30. The van der Waals surface area contributed by atoms with Gasteiger partial charge in [-0.05, 0) is 32.1 Å². The average molecular weight is 242 g/mol. The standard InChI is InChI=1S/C13H26N2O2/c1-9(2)11-6-12(14-13(16)17-5)8-15(7-11)10(3)4/h9-12H,6-8H2,1-5H3,(H,14,16). The Morgan fingerprint density at radius 1 is 1.29 bits per heavy atom. The van der Waals surface area contributed by atoms with Gasteiger partial charge >= 0.3 is 6.09 Å². The van der Waals surface area contributed by atoms with Gasteiger partial charge in [-0.15, -0.1) is 0 Å². The van der Waals surface area contributed by atoms with Crippen LogP contribution in [0.2, 0.25) is 0 Å². The number of alkyl carbamates (subject to hydrolysis) is 1. The lowest BCUT2D eigenvalue weighted by molar-refractivity contribution is 0.0861. The molecule has 0 saturated carbocycles. The number of amides is 1. The van der Waals surface area contributed by atoms with Crippen LogP contribution in [-0.2, 0) is 4.74 Å². The molecule has 1 N–H and O–H groups in total. The molecule has 0 aromatic heterocycles. The first-order chi connectivity index (χ1) is 7.93.